The topological polar surface area (TPSA) is 50.2 Å². The van der Waals surface area contributed by atoms with Crippen molar-refractivity contribution in [2.75, 3.05) is 5.75 Å². The number of carboxylic acid groups (broad SMARTS) is 1. The Hall–Kier alpha value is -1.07. The number of carbonyl (C=O) groups is 1. The van der Waals surface area contributed by atoms with Crippen LogP contribution in [0.5, 0.6) is 0 Å². The van der Waals surface area contributed by atoms with Gasteiger partial charge in [-0.3, -0.25) is 9.78 Å². The Kier molecular flexibility index (Phi) is 5.86. The number of carboxylic acids is 1. The molecular formula is C15H16BrNO2S. The van der Waals surface area contributed by atoms with Gasteiger partial charge < -0.3 is 5.11 Å². The highest BCUT2D eigenvalue weighted by Gasteiger charge is 2.03. The fourth-order valence-corrected chi connectivity index (χ4v) is 3.36. The van der Waals surface area contributed by atoms with E-state index in [1.165, 1.54) is 4.90 Å². The van der Waals surface area contributed by atoms with Crippen molar-refractivity contribution < 1.29 is 9.90 Å². The van der Waals surface area contributed by atoms with Crippen LogP contribution >= 0.6 is 27.7 Å². The summed E-state index contributed by atoms with van der Waals surface area (Å²) in [5, 5.41) is 9.74. The van der Waals surface area contributed by atoms with Crippen LogP contribution in [-0.2, 0) is 4.79 Å². The summed E-state index contributed by atoms with van der Waals surface area (Å²) in [6.07, 6.45) is 4.87. The maximum absolute atomic E-state index is 10.4. The fourth-order valence-electron chi connectivity index (χ4n) is 1.96. The van der Waals surface area contributed by atoms with Gasteiger partial charge >= 0.3 is 5.97 Å². The first kappa shape index (κ1) is 15.3. The molecule has 0 bridgehead atoms. The number of benzene rings is 1. The van der Waals surface area contributed by atoms with Gasteiger partial charge in [-0.1, -0.05) is 22.4 Å². The van der Waals surface area contributed by atoms with Crippen molar-refractivity contribution in [2.24, 2.45) is 0 Å². The maximum Gasteiger partial charge on any atom is 0.303 e. The molecule has 2 aromatic rings. The molecule has 0 unspecified atom stereocenters. The third kappa shape index (κ3) is 4.49. The number of halogens is 1. The molecule has 0 fully saturated rings. The number of hydrogen-bond acceptors (Lipinski definition) is 3. The van der Waals surface area contributed by atoms with E-state index in [9.17, 15) is 4.79 Å². The summed E-state index contributed by atoms with van der Waals surface area (Å²) in [6, 6.07) is 8.14. The summed E-state index contributed by atoms with van der Waals surface area (Å²) in [6.45, 7) is 0. The second-order valence-corrected chi connectivity index (χ2v) is 6.58. The molecule has 5 heteroatoms. The van der Waals surface area contributed by atoms with Crippen molar-refractivity contribution in [3.05, 3.63) is 34.9 Å². The molecule has 1 aromatic heterocycles. The first-order valence-corrected chi connectivity index (χ1v) is 8.33. The molecule has 0 amide bonds. The summed E-state index contributed by atoms with van der Waals surface area (Å²) >= 11 is 5.30. The molecule has 0 saturated heterocycles. The number of thioether (sulfide) groups is 1. The SMILES string of the molecule is O=C(O)CCCCCSc1ccnc2ccc(Br)cc12. The largest absolute Gasteiger partial charge is 0.481 e. The normalized spacial score (nSPS) is 10.8. The van der Waals surface area contributed by atoms with Gasteiger partial charge in [0.05, 0.1) is 5.52 Å². The quantitative estimate of drug-likeness (QED) is 0.577. The highest BCUT2D eigenvalue weighted by molar-refractivity contribution is 9.10. The van der Waals surface area contributed by atoms with E-state index in [1.807, 2.05) is 36.2 Å². The van der Waals surface area contributed by atoms with Gasteiger partial charge in [0.2, 0.25) is 0 Å². The first-order chi connectivity index (χ1) is 9.66. The van der Waals surface area contributed by atoms with Gasteiger partial charge in [-0.05, 0) is 42.9 Å². The fraction of sp³-hybridized carbons (Fsp3) is 0.333. The van der Waals surface area contributed by atoms with Gasteiger partial charge in [-0.25, -0.2) is 0 Å². The van der Waals surface area contributed by atoms with Crippen LogP contribution in [0, 0.1) is 0 Å². The summed E-state index contributed by atoms with van der Waals surface area (Å²) in [5.74, 6) is 0.299. The highest BCUT2D eigenvalue weighted by Crippen LogP contribution is 2.29. The predicted octanol–water partition coefficient (Wildman–Crippen LogP) is 4.73. The summed E-state index contributed by atoms with van der Waals surface area (Å²) < 4.78 is 1.06. The molecule has 0 spiro atoms. The standard InChI is InChI=1S/C15H16BrNO2S/c16-11-5-6-13-12(10-11)14(7-8-17-13)20-9-3-1-2-4-15(18)19/h5-8,10H,1-4,9H2,(H,18,19). The van der Waals surface area contributed by atoms with E-state index in [1.54, 1.807) is 0 Å². The molecule has 0 saturated carbocycles. The van der Waals surface area contributed by atoms with Gasteiger partial charge in [0.15, 0.2) is 0 Å². The average molecular weight is 354 g/mol. The Morgan fingerprint density at radius 1 is 1.25 bits per heavy atom. The molecule has 1 heterocycles. The van der Waals surface area contributed by atoms with Crippen molar-refractivity contribution in [2.45, 2.75) is 30.6 Å². The van der Waals surface area contributed by atoms with Crippen molar-refractivity contribution in [1.82, 2.24) is 4.98 Å². The smallest absolute Gasteiger partial charge is 0.303 e. The molecule has 0 aliphatic heterocycles. The van der Waals surface area contributed by atoms with Gasteiger partial charge in [-0.15, -0.1) is 11.8 Å². The van der Waals surface area contributed by atoms with Crippen LogP contribution in [0.3, 0.4) is 0 Å². The average Bonchev–Trinajstić information content (AvgIpc) is 2.42. The van der Waals surface area contributed by atoms with Crippen LogP contribution < -0.4 is 0 Å². The Morgan fingerprint density at radius 3 is 2.90 bits per heavy atom. The Labute approximate surface area is 130 Å². The molecule has 1 N–H and O–H groups in total. The van der Waals surface area contributed by atoms with Crippen molar-refractivity contribution in [1.29, 1.82) is 0 Å². The van der Waals surface area contributed by atoms with Crippen molar-refractivity contribution in [3.8, 4) is 0 Å². The molecule has 0 aliphatic rings. The lowest BCUT2D eigenvalue weighted by atomic mass is 10.2. The molecular weight excluding hydrogens is 338 g/mol. The summed E-state index contributed by atoms with van der Waals surface area (Å²) in [5.41, 5.74) is 1.00. The molecule has 106 valence electrons. The molecule has 0 aliphatic carbocycles. The third-order valence-corrected chi connectivity index (χ3v) is 4.61. The Bertz CT molecular complexity index is 603. The molecule has 20 heavy (non-hydrogen) atoms. The zero-order valence-corrected chi connectivity index (χ0v) is 13.4. The minimum atomic E-state index is -0.706. The first-order valence-electron chi connectivity index (χ1n) is 6.55. The molecule has 2 rings (SSSR count). The maximum atomic E-state index is 10.4. The van der Waals surface area contributed by atoms with Gasteiger partial charge in [-0.2, -0.15) is 0 Å². The number of hydrogen-bond donors (Lipinski definition) is 1. The van der Waals surface area contributed by atoms with E-state index in [-0.39, 0.29) is 6.42 Å². The lowest BCUT2D eigenvalue weighted by Crippen LogP contribution is -1.94. The van der Waals surface area contributed by atoms with Crippen LogP contribution in [0.2, 0.25) is 0 Å². The number of rotatable bonds is 7. The molecule has 0 atom stereocenters. The summed E-state index contributed by atoms with van der Waals surface area (Å²) in [7, 11) is 0. The minimum Gasteiger partial charge on any atom is -0.481 e. The zero-order chi connectivity index (χ0) is 14.4. The molecule has 1 aromatic carbocycles. The van der Waals surface area contributed by atoms with E-state index in [2.05, 4.69) is 27.0 Å². The third-order valence-electron chi connectivity index (χ3n) is 2.96. The van der Waals surface area contributed by atoms with Crippen LogP contribution in [0.1, 0.15) is 25.7 Å². The second kappa shape index (κ2) is 7.64. The number of aromatic nitrogens is 1. The number of nitrogens with zero attached hydrogens (tertiary/aromatic N) is 1. The summed E-state index contributed by atoms with van der Waals surface area (Å²) in [4.78, 5) is 16.0. The van der Waals surface area contributed by atoms with Crippen molar-refractivity contribution >= 4 is 44.6 Å². The van der Waals surface area contributed by atoms with Gasteiger partial charge in [0, 0.05) is 27.4 Å². The number of fused-ring (bicyclic) bond motifs is 1. The van der Waals surface area contributed by atoms with E-state index in [0.717, 1.165) is 40.4 Å². The number of unbranched alkanes of at least 4 members (excludes halogenated alkanes) is 2. The predicted molar refractivity (Wildman–Crippen MR) is 86.3 cm³/mol. The van der Waals surface area contributed by atoms with E-state index < -0.39 is 5.97 Å². The highest BCUT2D eigenvalue weighted by atomic mass is 79.9. The van der Waals surface area contributed by atoms with Gasteiger partial charge in [0.1, 0.15) is 0 Å². The lowest BCUT2D eigenvalue weighted by molar-refractivity contribution is -0.137. The van der Waals surface area contributed by atoms with Crippen LogP contribution in [0.25, 0.3) is 10.9 Å². The number of aliphatic carboxylic acids is 1. The van der Waals surface area contributed by atoms with Crippen molar-refractivity contribution in [3.63, 3.8) is 0 Å². The molecule has 3 nitrogen and oxygen atoms in total. The monoisotopic (exact) mass is 353 g/mol. The van der Waals surface area contributed by atoms with Crippen LogP contribution in [-0.4, -0.2) is 21.8 Å². The molecule has 0 radical (unpaired) electrons. The Morgan fingerprint density at radius 2 is 2.10 bits per heavy atom. The lowest BCUT2D eigenvalue weighted by Gasteiger charge is -2.06. The zero-order valence-electron chi connectivity index (χ0n) is 11.0. The van der Waals surface area contributed by atoms with Crippen LogP contribution in [0.15, 0.2) is 39.8 Å². The van der Waals surface area contributed by atoms with Gasteiger partial charge in [0.25, 0.3) is 0 Å². The van der Waals surface area contributed by atoms with E-state index >= 15 is 0 Å². The second-order valence-electron chi connectivity index (χ2n) is 4.52. The number of pyridine rings is 1. The van der Waals surface area contributed by atoms with Crippen LogP contribution in [0.4, 0.5) is 0 Å². The Balaban J connectivity index is 1.90. The van der Waals surface area contributed by atoms with E-state index in [0.29, 0.717) is 0 Å². The van der Waals surface area contributed by atoms with E-state index in [4.69, 9.17) is 5.11 Å². The minimum absolute atomic E-state index is 0.274.